The first-order chi connectivity index (χ1) is 17.1. The molecule has 2 aliphatic rings. The molecule has 0 N–H and O–H groups in total. The van der Waals surface area contributed by atoms with E-state index < -0.39 is 0 Å². The standard InChI is InChI=1S/C32H26N2O/c1-32(2)27-15-9-8-14-25(27)26-20-23(17-18-28(26)32)34(22-11-4-3-5-12-22)31-33-29-19-16-21-10-6-7-13-24(21)30(29)35-31/h3-11,13-20,22H,12H2,1-2H3. The number of hydrogen-bond donors (Lipinski definition) is 0. The monoisotopic (exact) mass is 454 g/mol. The molecule has 0 saturated heterocycles. The average Bonchev–Trinajstić information content (AvgIpc) is 3.42. The fourth-order valence-electron chi connectivity index (χ4n) is 5.81. The molecule has 1 atom stereocenters. The smallest absolute Gasteiger partial charge is 0.303 e. The molecule has 2 aliphatic carbocycles. The Morgan fingerprint density at radius 3 is 2.57 bits per heavy atom. The molecule has 0 bridgehead atoms. The maximum absolute atomic E-state index is 6.54. The van der Waals surface area contributed by atoms with Crippen LogP contribution in [0.4, 0.5) is 11.7 Å². The number of allylic oxidation sites excluding steroid dienone is 2. The summed E-state index contributed by atoms with van der Waals surface area (Å²) in [4.78, 5) is 7.24. The molecule has 4 aromatic carbocycles. The van der Waals surface area contributed by atoms with Gasteiger partial charge >= 0.3 is 6.01 Å². The molecular weight excluding hydrogens is 428 g/mol. The van der Waals surface area contributed by atoms with Crippen LogP contribution in [0.5, 0.6) is 0 Å². The zero-order valence-electron chi connectivity index (χ0n) is 19.9. The van der Waals surface area contributed by atoms with Crippen molar-refractivity contribution < 1.29 is 4.42 Å². The van der Waals surface area contributed by atoms with E-state index >= 15 is 0 Å². The minimum atomic E-state index is -0.0146. The number of rotatable bonds is 3. The largest absolute Gasteiger partial charge is 0.422 e. The molecule has 3 heteroatoms. The lowest BCUT2D eigenvalue weighted by atomic mass is 9.82. The third-order valence-electron chi connectivity index (χ3n) is 7.61. The van der Waals surface area contributed by atoms with Gasteiger partial charge in [-0.2, -0.15) is 4.98 Å². The van der Waals surface area contributed by atoms with Crippen LogP contribution < -0.4 is 4.90 Å². The zero-order valence-corrected chi connectivity index (χ0v) is 19.9. The summed E-state index contributed by atoms with van der Waals surface area (Å²) in [5.74, 6) is 0. The molecule has 1 aromatic heterocycles. The average molecular weight is 455 g/mol. The van der Waals surface area contributed by atoms with Gasteiger partial charge in [0.2, 0.25) is 0 Å². The van der Waals surface area contributed by atoms with E-state index in [0.717, 1.165) is 34.0 Å². The third kappa shape index (κ3) is 3.01. The van der Waals surface area contributed by atoms with Gasteiger partial charge in [0.1, 0.15) is 5.52 Å². The first kappa shape index (κ1) is 20.3. The number of oxazole rings is 1. The summed E-state index contributed by atoms with van der Waals surface area (Å²) in [6.07, 6.45) is 9.56. The van der Waals surface area contributed by atoms with Gasteiger partial charge in [-0.1, -0.05) is 98.8 Å². The van der Waals surface area contributed by atoms with Gasteiger partial charge in [-0.3, -0.25) is 4.90 Å². The van der Waals surface area contributed by atoms with E-state index in [2.05, 4.69) is 122 Å². The van der Waals surface area contributed by atoms with Crippen molar-refractivity contribution in [2.45, 2.75) is 31.7 Å². The van der Waals surface area contributed by atoms with Crippen molar-refractivity contribution >= 4 is 33.6 Å². The Bertz CT molecular complexity index is 1670. The van der Waals surface area contributed by atoms with E-state index in [9.17, 15) is 0 Å². The van der Waals surface area contributed by atoms with E-state index in [1.807, 2.05) is 0 Å². The minimum absolute atomic E-state index is 0.0146. The lowest BCUT2D eigenvalue weighted by Gasteiger charge is -2.29. The van der Waals surface area contributed by atoms with Crippen LogP contribution in [0.25, 0.3) is 33.0 Å². The van der Waals surface area contributed by atoms with Crippen molar-refractivity contribution in [1.29, 1.82) is 0 Å². The van der Waals surface area contributed by atoms with Gasteiger partial charge in [-0.15, -0.1) is 0 Å². The Morgan fingerprint density at radius 2 is 1.69 bits per heavy atom. The van der Waals surface area contributed by atoms with Gasteiger partial charge in [0.25, 0.3) is 0 Å². The molecule has 7 rings (SSSR count). The fraction of sp³-hybridized carbons (Fsp3) is 0.156. The normalized spacial score (nSPS) is 17.6. The van der Waals surface area contributed by atoms with Crippen molar-refractivity contribution in [3.8, 4) is 11.1 Å². The number of aromatic nitrogens is 1. The molecule has 35 heavy (non-hydrogen) atoms. The maximum Gasteiger partial charge on any atom is 0.303 e. The first-order valence-corrected chi connectivity index (χ1v) is 12.3. The Morgan fingerprint density at radius 1 is 0.857 bits per heavy atom. The molecule has 1 unspecified atom stereocenters. The van der Waals surface area contributed by atoms with Gasteiger partial charge in [0.05, 0.1) is 6.04 Å². The molecule has 3 nitrogen and oxygen atoms in total. The molecule has 0 radical (unpaired) electrons. The topological polar surface area (TPSA) is 29.3 Å². The molecule has 0 aliphatic heterocycles. The number of anilines is 2. The summed E-state index contributed by atoms with van der Waals surface area (Å²) in [5, 5.41) is 2.25. The lowest BCUT2D eigenvalue weighted by molar-refractivity contribution is 0.577. The van der Waals surface area contributed by atoms with Gasteiger partial charge in [0.15, 0.2) is 5.58 Å². The van der Waals surface area contributed by atoms with Crippen LogP contribution in [0.3, 0.4) is 0 Å². The number of nitrogens with zero attached hydrogens (tertiary/aromatic N) is 2. The second-order valence-electron chi connectivity index (χ2n) is 10.0. The highest BCUT2D eigenvalue weighted by molar-refractivity contribution is 6.03. The van der Waals surface area contributed by atoms with Crippen LogP contribution in [0.2, 0.25) is 0 Å². The Kier molecular flexibility index (Phi) is 4.31. The van der Waals surface area contributed by atoms with E-state index in [0.29, 0.717) is 6.01 Å². The predicted octanol–water partition coefficient (Wildman–Crippen LogP) is 8.31. The third-order valence-corrected chi connectivity index (χ3v) is 7.61. The highest BCUT2D eigenvalue weighted by Crippen LogP contribution is 2.50. The van der Waals surface area contributed by atoms with Crippen molar-refractivity contribution in [2.75, 3.05) is 4.90 Å². The molecule has 0 fully saturated rings. The summed E-state index contributed by atoms with van der Waals surface area (Å²) in [6, 6.07) is 28.9. The highest BCUT2D eigenvalue weighted by atomic mass is 16.4. The van der Waals surface area contributed by atoms with Gasteiger partial charge in [-0.25, -0.2) is 0 Å². The molecule has 0 spiro atoms. The molecule has 0 amide bonds. The summed E-state index contributed by atoms with van der Waals surface area (Å²) in [6.45, 7) is 4.63. The van der Waals surface area contributed by atoms with Gasteiger partial charge in [0, 0.05) is 16.5 Å². The first-order valence-electron chi connectivity index (χ1n) is 12.3. The van der Waals surface area contributed by atoms with Crippen molar-refractivity contribution in [3.05, 3.63) is 114 Å². The van der Waals surface area contributed by atoms with Crippen molar-refractivity contribution in [1.82, 2.24) is 4.98 Å². The van der Waals surface area contributed by atoms with Crippen LogP contribution in [-0.4, -0.2) is 11.0 Å². The SMILES string of the molecule is CC1(C)c2ccccc2-c2cc(N(c3nc4ccc5ccccc5c4o3)C3C=CC=CC3)ccc21. The van der Waals surface area contributed by atoms with Crippen LogP contribution in [0.1, 0.15) is 31.4 Å². The second kappa shape index (κ2) is 7.44. The summed E-state index contributed by atoms with van der Waals surface area (Å²) < 4.78 is 6.54. The predicted molar refractivity (Wildman–Crippen MR) is 144 cm³/mol. The number of hydrogen-bond acceptors (Lipinski definition) is 3. The van der Waals surface area contributed by atoms with E-state index in [1.54, 1.807) is 0 Å². The lowest BCUT2D eigenvalue weighted by Crippen LogP contribution is -2.30. The van der Waals surface area contributed by atoms with Crippen molar-refractivity contribution in [3.63, 3.8) is 0 Å². The number of fused-ring (bicyclic) bond motifs is 6. The molecule has 0 saturated carbocycles. The molecule has 170 valence electrons. The Labute approximate surface area is 205 Å². The minimum Gasteiger partial charge on any atom is -0.422 e. The quantitative estimate of drug-likeness (QED) is 0.274. The Hall–Kier alpha value is -4.11. The van der Waals surface area contributed by atoms with Crippen LogP contribution in [0.15, 0.2) is 108 Å². The van der Waals surface area contributed by atoms with Crippen molar-refractivity contribution in [2.24, 2.45) is 0 Å². The molecule has 1 heterocycles. The van der Waals surface area contributed by atoms with Crippen LogP contribution in [-0.2, 0) is 5.41 Å². The Balaban J connectivity index is 1.43. The van der Waals surface area contributed by atoms with Crippen LogP contribution >= 0.6 is 0 Å². The van der Waals surface area contributed by atoms with Gasteiger partial charge in [-0.05, 0) is 52.3 Å². The zero-order chi connectivity index (χ0) is 23.6. The summed E-state index contributed by atoms with van der Waals surface area (Å²) in [7, 11) is 0. The molecular formula is C32H26N2O. The fourth-order valence-corrected chi connectivity index (χ4v) is 5.81. The summed E-state index contributed by atoms with van der Waals surface area (Å²) in [5.41, 5.74) is 8.16. The van der Waals surface area contributed by atoms with Crippen LogP contribution in [0, 0.1) is 0 Å². The summed E-state index contributed by atoms with van der Waals surface area (Å²) >= 11 is 0. The number of benzene rings is 4. The van der Waals surface area contributed by atoms with Gasteiger partial charge < -0.3 is 4.42 Å². The highest BCUT2D eigenvalue weighted by Gasteiger charge is 2.36. The van der Waals surface area contributed by atoms with E-state index in [-0.39, 0.29) is 11.5 Å². The second-order valence-corrected chi connectivity index (χ2v) is 10.0. The maximum atomic E-state index is 6.54. The molecule has 5 aromatic rings. The van der Waals surface area contributed by atoms with E-state index in [4.69, 9.17) is 9.40 Å². The van der Waals surface area contributed by atoms with E-state index in [1.165, 1.54) is 22.3 Å².